The first-order chi connectivity index (χ1) is 7.65. The predicted molar refractivity (Wildman–Crippen MR) is 67.4 cm³/mol. The molecule has 0 aliphatic carbocycles. The summed E-state index contributed by atoms with van der Waals surface area (Å²) < 4.78 is 0. The summed E-state index contributed by atoms with van der Waals surface area (Å²) in [6.45, 7) is 6.05. The van der Waals surface area contributed by atoms with E-state index in [0.29, 0.717) is 12.3 Å². The first-order valence-electron chi connectivity index (χ1n) is 5.57. The number of aryl methyl sites for hydroxylation is 1. The minimum Gasteiger partial charge on any atom is -0.358 e. The summed E-state index contributed by atoms with van der Waals surface area (Å²) >= 11 is 1.65. The summed E-state index contributed by atoms with van der Waals surface area (Å²) in [6.07, 6.45) is 0.683. The Morgan fingerprint density at radius 2 is 2.12 bits per heavy atom. The van der Waals surface area contributed by atoms with Crippen molar-refractivity contribution in [3.8, 4) is 0 Å². The van der Waals surface area contributed by atoms with Crippen molar-refractivity contribution >= 4 is 17.2 Å². The minimum absolute atomic E-state index is 0.683. The molecule has 1 N–H and O–H groups in total. The highest BCUT2D eigenvalue weighted by Gasteiger charge is 2.17. The van der Waals surface area contributed by atoms with E-state index in [4.69, 9.17) is 5.41 Å². The second-order valence-corrected chi connectivity index (χ2v) is 5.24. The number of aromatic nitrogens is 1. The van der Waals surface area contributed by atoms with Crippen LogP contribution in [0.2, 0.25) is 0 Å². The van der Waals surface area contributed by atoms with Gasteiger partial charge in [0.05, 0.1) is 6.42 Å². The molecule has 0 atom stereocenters. The van der Waals surface area contributed by atoms with Crippen molar-refractivity contribution < 1.29 is 0 Å². The van der Waals surface area contributed by atoms with Crippen molar-refractivity contribution in [2.45, 2.75) is 13.3 Å². The molecule has 1 fully saturated rings. The molecule has 1 saturated heterocycles. The third-order valence-electron chi connectivity index (χ3n) is 2.87. The number of likely N-dealkylation sites (N-methyl/N-ethyl adjacent to an activating group) is 1. The van der Waals surface area contributed by atoms with Crippen molar-refractivity contribution in [3.05, 3.63) is 16.1 Å². The molecule has 4 nitrogen and oxygen atoms in total. The monoisotopic (exact) mass is 238 g/mol. The summed E-state index contributed by atoms with van der Waals surface area (Å²) in [5.41, 5.74) is 1.06. The number of nitrogens with zero attached hydrogens (tertiary/aromatic N) is 3. The lowest BCUT2D eigenvalue weighted by molar-refractivity contribution is 0.213. The third kappa shape index (κ3) is 2.80. The zero-order valence-corrected chi connectivity index (χ0v) is 10.7. The van der Waals surface area contributed by atoms with Crippen LogP contribution < -0.4 is 0 Å². The fourth-order valence-electron chi connectivity index (χ4n) is 1.82. The number of nitrogens with one attached hydrogen (secondary N) is 1. The van der Waals surface area contributed by atoms with E-state index in [1.165, 1.54) is 0 Å². The molecule has 1 aromatic heterocycles. The Hall–Kier alpha value is -0.940. The Labute approximate surface area is 100 Å². The van der Waals surface area contributed by atoms with E-state index in [2.05, 4.69) is 21.8 Å². The topological polar surface area (TPSA) is 43.2 Å². The summed E-state index contributed by atoms with van der Waals surface area (Å²) in [7, 11) is 2.13. The smallest absolute Gasteiger partial charge is 0.103 e. The Bertz CT molecular complexity index is 366. The van der Waals surface area contributed by atoms with Crippen LogP contribution in [0.25, 0.3) is 0 Å². The van der Waals surface area contributed by atoms with E-state index < -0.39 is 0 Å². The molecule has 0 unspecified atom stereocenters. The number of hydrogen-bond acceptors (Lipinski definition) is 4. The van der Waals surface area contributed by atoms with Crippen molar-refractivity contribution in [1.82, 2.24) is 14.8 Å². The highest BCUT2D eigenvalue weighted by molar-refractivity contribution is 7.09. The number of hydrogen-bond donors (Lipinski definition) is 1. The van der Waals surface area contributed by atoms with Crippen LogP contribution in [0.15, 0.2) is 5.38 Å². The Morgan fingerprint density at radius 1 is 1.44 bits per heavy atom. The van der Waals surface area contributed by atoms with Gasteiger partial charge in [-0.15, -0.1) is 11.3 Å². The average Bonchev–Trinajstić information content (AvgIpc) is 2.65. The second-order valence-electron chi connectivity index (χ2n) is 4.30. The molecular weight excluding hydrogens is 220 g/mol. The molecule has 2 heterocycles. The molecule has 0 radical (unpaired) electrons. The number of piperazine rings is 1. The maximum absolute atomic E-state index is 8.07. The molecule has 16 heavy (non-hydrogen) atoms. The zero-order valence-electron chi connectivity index (χ0n) is 9.86. The largest absolute Gasteiger partial charge is 0.358 e. The summed E-state index contributed by atoms with van der Waals surface area (Å²) in [5.74, 6) is 0.711. The van der Waals surface area contributed by atoms with Gasteiger partial charge in [-0.1, -0.05) is 0 Å². The molecule has 1 aliphatic heterocycles. The molecular formula is C11H18N4S. The predicted octanol–water partition coefficient (Wildman–Crippen LogP) is 1.22. The van der Waals surface area contributed by atoms with E-state index >= 15 is 0 Å². The molecule has 0 spiro atoms. The normalized spacial score (nSPS) is 17.8. The van der Waals surface area contributed by atoms with Crippen LogP contribution in [0.3, 0.4) is 0 Å². The van der Waals surface area contributed by atoms with Crippen LogP contribution in [-0.4, -0.2) is 53.8 Å². The first kappa shape index (κ1) is 11.5. The zero-order chi connectivity index (χ0) is 11.5. The molecule has 1 aliphatic rings. The maximum Gasteiger partial charge on any atom is 0.103 e. The number of amidine groups is 1. The highest BCUT2D eigenvalue weighted by Crippen LogP contribution is 2.11. The highest BCUT2D eigenvalue weighted by atomic mass is 32.1. The molecule has 5 heteroatoms. The molecule has 1 aromatic rings. The van der Waals surface area contributed by atoms with E-state index in [1.54, 1.807) is 11.3 Å². The molecule has 2 rings (SSSR count). The Kier molecular flexibility index (Phi) is 3.56. The van der Waals surface area contributed by atoms with Crippen LogP contribution in [0, 0.1) is 12.3 Å². The molecule has 88 valence electrons. The van der Waals surface area contributed by atoms with Crippen LogP contribution in [0.5, 0.6) is 0 Å². The van der Waals surface area contributed by atoms with Gasteiger partial charge in [0, 0.05) is 37.3 Å². The lowest BCUT2D eigenvalue weighted by Crippen LogP contribution is -2.47. The van der Waals surface area contributed by atoms with Crippen LogP contribution >= 0.6 is 11.3 Å². The second kappa shape index (κ2) is 4.93. The first-order valence-corrected chi connectivity index (χ1v) is 6.45. The van der Waals surface area contributed by atoms with Gasteiger partial charge in [-0.05, 0) is 14.0 Å². The fraction of sp³-hybridized carbons (Fsp3) is 0.636. The maximum atomic E-state index is 8.07. The van der Waals surface area contributed by atoms with Gasteiger partial charge in [-0.3, -0.25) is 5.41 Å². The average molecular weight is 238 g/mol. The molecule has 0 amide bonds. The number of rotatable bonds is 2. The quantitative estimate of drug-likeness (QED) is 0.622. The van der Waals surface area contributed by atoms with Crippen LogP contribution in [0.1, 0.15) is 10.7 Å². The van der Waals surface area contributed by atoms with Crippen molar-refractivity contribution in [2.24, 2.45) is 0 Å². The van der Waals surface area contributed by atoms with Crippen molar-refractivity contribution in [1.29, 1.82) is 5.41 Å². The van der Waals surface area contributed by atoms with E-state index in [-0.39, 0.29) is 0 Å². The lowest BCUT2D eigenvalue weighted by Gasteiger charge is -2.33. The van der Waals surface area contributed by atoms with Gasteiger partial charge in [-0.2, -0.15) is 0 Å². The number of thiazole rings is 1. The third-order valence-corrected chi connectivity index (χ3v) is 3.84. The van der Waals surface area contributed by atoms with Gasteiger partial charge in [0.1, 0.15) is 10.8 Å². The fourth-order valence-corrected chi connectivity index (χ4v) is 2.59. The van der Waals surface area contributed by atoms with Gasteiger partial charge < -0.3 is 9.80 Å². The van der Waals surface area contributed by atoms with Gasteiger partial charge in [0.2, 0.25) is 0 Å². The molecule has 0 aromatic carbocycles. The summed E-state index contributed by atoms with van der Waals surface area (Å²) in [6, 6.07) is 0. The SMILES string of the molecule is Cc1csc(CC(=N)N2CCN(C)CC2)n1. The Balaban J connectivity index is 1.88. The van der Waals surface area contributed by atoms with Crippen molar-refractivity contribution in [2.75, 3.05) is 33.2 Å². The lowest BCUT2D eigenvalue weighted by atomic mass is 10.3. The van der Waals surface area contributed by atoms with E-state index in [0.717, 1.165) is 36.9 Å². The summed E-state index contributed by atoms with van der Waals surface area (Å²) in [4.78, 5) is 8.87. The van der Waals surface area contributed by atoms with Crippen molar-refractivity contribution in [3.63, 3.8) is 0 Å². The van der Waals surface area contributed by atoms with Gasteiger partial charge in [-0.25, -0.2) is 4.98 Å². The van der Waals surface area contributed by atoms with Gasteiger partial charge in [0.25, 0.3) is 0 Å². The molecule has 0 bridgehead atoms. The van der Waals surface area contributed by atoms with E-state index in [1.807, 2.05) is 12.3 Å². The van der Waals surface area contributed by atoms with Gasteiger partial charge in [0.15, 0.2) is 0 Å². The van der Waals surface area contributed by atoms with Crippen LogP contribution in [0.4, 0.5) is 0 Å². The van der Waals surface area contributed by atoms with E-state index in [9.17, 15) is 0 Å². The minimum atomic E-state index is 0.683. The summed E-state index contributed by atoms with van der Waals surface area (Å²) in [5, 5.41) is 11.2. The van der Waals surface area contributed by atoms with Crippen LogP contribution in [-0.2, 0) is 6.42 Å². The molecule has 0 saturated carbocycles. The van der Waals surface area contributed by atoms with Gasteiger partial charge >= 0.3 is 0 Å². The standard InChI is InChI=1S/C11H18N4S/c1-9-8-16-11(13-9)7-10(12)15-5-3-14(2)4-6-15/h8,12H,3-7H2,1-2H3. The Morgan fingerprint density at radius 3 is 2.69 bits per heavy atom.